The van der Waals surface area contributed by atoms with Gasteiger partial charge in [0.15, 0.2) is 0 Å². The van der Waals surface area contributed by atoms with E-state index in [4.69, 9.17) is 9.47 Å². The molecule has 0 bridgehead atoms. The molecule has 0 unspecified atom stereocenters. The molecule has 1 saturated heterocycles. The monoisotopic (exact) mass is 350 g/mol. The van der Waals surface area contributed by atoms with Crippen molar-refractivity contribution >= 4 is 18.0 Å². The maximum absolute atomic E-state index is 13.2. The summed E-state index contributed by atoms with van der Waals surface area (Å²) < 4.78 is 23.7. The number of nitrogens with zero attached hydrogens (tertiary/aromatic N) is 2. The van der Waals surface area contributed by atoms with Gasteiger partial charge in [0.1, 0.15) is 11.6 Å². The molecule has 1 aliphatic heterocycles. The first-order valence-corrected chi connectivity index (χ1v) is 7.49. The standard InChI is InChI=1S/C16H19FN4O4/c1-18-15(25-13-5-3-4-11(17)8-13)19-9-12(10-24-2)21-7-6-14(22)20-16(21)23/h3-5,8-9H,6-7,10H2,1-2H3,(H,18,19)(H,20,22,23)/b12-9+. The summed E-state index contributed by atoms with van der Waals surface area (Å²) in [5.74, 6) is -0.481. The summed E-state index contributed by atoms with van der Waals surface area (Å²) in [4.78, 5) is 28.5. The molecule has 3 amide bonds. The fourth-order valence-electron chi connectivity index (χ4n) is 2.11. The van der Waals surface area contributed by atoms with E-state index >= 15 is 0 Å². The Morgan fingerprint density at radius 1 is 1.48 bits per heavy atom. The molecule has 1 heterocycles. The molecule has 0 spiro atoms. The molecular weight excluding hydrogens is 331 g/mol. The molecule has 0 aliphatic carbocycles. The molecule has 0 atom stereocenters. The Morgan fingerprint density at radius 3 is 2.92 bits per heavy atom. The van der Waals surface area contributed by atoms with Gasteiger partial charge >= 0.3 is 6.03 Å². The molecule has 2 rings (SSSR count). The molecule has 8 nitrogen and oxygen atoms in total. The van der Waals surface area contributed by atoms with E-state index in [1.54, 1.807) is 6.07 Å². The zero-order valence-corrected chi connectivity index (χ0v) is 13.9. The quantitative estimate of drug-likeness (QED) is 0.615. The molecule has 134 valence electrons. The summed E-state index contributed by atoms with van der Waals surface area (Å²) in [5.41, 5.74) is 0.483. The number of benzene rings is 1. The molecule has 1 aromatic rings. The van der Waals surface area contributed by atoms with Crippen molar-refractivity contribution in [1.82, 2.24) is 15.5 Å². The molecule has 0 saturated carbocycles. The molecular formula is C16H19FN4O4. The van der Waals surface area contributed by atoms with Crippen LogP contribution in [0.4, 0.5) is 9.18 Å². The van der Waals surface area contributed by atoms with Gasteiger partial charge in [-0.1, -0.05) is 6.07 Å². The number of carbonyl (C=O) groups is 2. The van der Waals surface area contributed by atoms with Crippen LogP contribution in [0.25, 0.3) is 0 Å². The number of amides is 3. The molecule has 1 fully saturated rings. The number of aliphatic imine (C=N–C) groups is 1. The van der Waals surface area contributed by atoms with Crippen molar-refractivity contribution in [1.29, 1.82) is 0 Å². The second-order valence-corrected chi connectivity index (χ2v) is 5.06. The first kappa shape index (κ1) is 18.4. The van der Waals surface area contributed by atoms with Crippen molar-refractivity contribution in [3.05, 3.63) is 42.0 Å². The number of hydrogen-bond acceptors (Lipinski definition) is 5. The van der Waals surface area contributed by atoms with Gasteiger partial charge in [-0.3, -0.25) is 15.0 Å². The maximum atomic E-state index is 13.2. The highest BCUT2D eigenvalue weighted by Crippen LogP contribution is 2.13. The number of urea groups is 1. The highest BCUT2D eigenvalue weighted by Gasteiger charge is 2.25. The molecule has 9 heteroatoms. The van der Waals surface area contributed by atoms with Crippen LogP contribution in [-0.4, -0.2) is 50.2 Å². The van der Waals surface area contributed by atoms with E-state index in [0.717, 1.165) is 0 Å². The van der Waals surface area contributed by atoms with Crippen LogP contribution in [0.2, 0.25) is 0 Å². The number of hydrogen-bond donors (Lipinski definition) is 2. The summed E-state index contributed by atoms with van der Waals surface area (Å²) in [5, 5.41) is 5.04. The predicted molar refractivity (Wildman–Crippen MR) is 88.3 cm³/mol. The molecule has 25 heavy (non-hydrogen) atoms. The van der Waals surface area contributed by atoms with Gasteiger partial charge < -0.3 is 14.8 Å². The van der Waals surface area contributed by atoms with Crippen LogP contribution in [0.1, 0.15) is 6.42 Å². The SMILES string of the molecule is CN=C(N/C=C(\COC)N1CCC(=O)NC1=O)Oc1cccc(F)c1. The largest absolute Gasteiger partial charge is 0.426 e. The minimum Gasteiger partial charge on any atom is -0.426 e. The van der Waals surface area contributed by atoms with E-state index in [1.807, 2.05) is 0 Å². The van der Waals surface area contributed by atoms with Gasteiger partial charge in [0.25, 0.3) is 6.02 Å². The number of amidine groups is 1. The molecule has 1 aliphatic rings. The van der Waals surface area contributed by atoms with Crippen LogP contribution < -0.4 is 15.4 Å². The number of ether oxygens (including phenoxy) is 2. The fraction of sp³-hybridized carbons (Fsp3) is 0.312. The van der Waals surface area contributed by atoms with E-state index in [0.29, 0.717) is 5.70 Å². The number of rotatable bonds is 5. The van der Waals surface area contributed by atoms with Crippen molar-refractivity contribution < 1.29 is 23.5 Å². The molecule has 0 radical (unpaired) electrons. The zero-order valence-electron chi connectivity index (χ0n) is 13.9. The average Bonchev–Trinajstić information content (AvgIpc) is 2.58. The topological polar surface area (TPSA) is 92.3 Å². The van der Waals surface area contributed by atoms with Crippen LogP contribution >= 0.6 is 0 Å². The Labute approximate surface area is 144 Å². The Balaban J connectivity index is 2.08. The Kier molecular flexibility index (Phi) is 6.47. The highest BCUT2D eigenvalue weighted by molar-refractivity contribution is 5.97. The van der Waals surface area contributed by atoms with Crippen molar-refractivity contribution in [3.63, 3.8) is 0 Å². The minimum absolute atomic E-state index is 0.104. The van der Waals surface area contributed by atoms with Gasteiger partial charge in [-0.25, -0.2) is 14.2 Å². The first-order chi connectivity index (χ1) is 12.0. The van der Waals surface area contributed by atoms with Crippen LogP contribution in [0.3, 0.4) is 0 Å². The third-order valence-electron chi connectivity index (χ3n) is 3.27. The van der Waals surface area contributed by atoms with E-state index in [2.05, 4.69) is 15.6 Å². The van der Waals surface area contributed by atoms with Gasteiger partial charge in [-0.05, 0) is 12.1 Å². The lowest BCUT2D eigenvalue weighted by Gasteiger charge is -2.28. The van der Waals surface area contributed by atoms with Crippen LogP contribution in [0, 0.1) is 5.82 Å². The summed E-state index contributed by atoms with van der Waals surface area (Å²) in [6.45, 7) is 0.371. The molecule has 2 N–H and O–H groups in total. The number of halogens is 1. The van der Waals surface area contributed by atoms with Gasteiger partial charge in [0.2, 0.25) is 5.91 Å². The summed E-state index contributed by atoms with van der Waals surface area (Å²) in [6.07, 6.45) is 1.68. The van der Waals surface area contributed by atoms with Gasteiger partial charge in [-0.2, -0.15) is 0 Å². The van der Waals surface area contributed by atoms with Crippen molar-refractivity contribution in [2.45, 2.75) is 6.42 Å². The third-order valence-corrected chi connectivity index (χ3v) is 3.27. The van der Waals surface area contributed by atoms with E-state index < -0.39 is 11.8 Å². The van der Waals surface area contributed by atoms with Crippen molar-refractivity contribution in [2.24, 2.45) is 4.99 Å². The lowest BCUT2D eigenvalue weighted by molar-refractivity contribution is -0.121. The number of carbonyl (C=O) groups excluding carboxylic acids is 2. The zero-order chi connectivity index (χ0) is 18.2. The van der Waals surface area contributed by atoms with Crippen molar-refractivity contribution in [3.8, 4) is 5.75 Å². The van der Waals surface area contributed by atoms with Crippen molar-refractivity contribution in [2.75, 3.05) is 27.3 Å². The first-order valence-electron chi connectivity index (χ1n) is 7.49. The van der Waals surface area contributed by atoms with Gasteiger partial charge in [0, 0.05) is 39.4 Å². The lowest BCUT2D eigenvalue weighted by atomic mass is 10.3. The molecule has 1 aromatic carbocycles. The maximum Gasteiger partial charge on any atom is 0.328 e. The predicted octanol–water partition coefficient (Wildman–Crippen LogP) is 1.21. The van der Waals surface area contributed by atoms with Crippen LogP contribution in [0.5, 0.6) is 5.75 Å². The summed E-state index contributed by atoms with van der Waals surface area (Å²) in [7, 11) is 2.98. The fourth-order valence-corrected chi connectivity index (χ4v) is 2.11. The average molecular weight is 350 g/mol. The normalized spacial score (nSPS) is 15.9. The third kappa shape index (κ3) is 5.28. The second-order valence-electron chi connectivity index (χ2n) is 5.06. The number of methoxy groups -OCH3 is 1. The lowest BCUT2D eigenvalue weighted by Crippen LogP contribution is -2.49. The van der Waals surface area contributed by atoms with Gasteiger partial charge in [-0.15, -0.1) is 0 Å². The Hall–Kier alpha value is -2.94. The van der Waals surface area contributed by atoms with E-state index in [9.17, 15) is 14.0 Å². The Morgan fingerprint density at radius 2 is 2.28 bits per heavy atom. The smallest absolute Gasteiger partial charge is 0.328 e. The summed E-state index contributed by atoms with van der Waals surface area (Å²) >= 11 is 0. The summed E-state index contributed by atoms with van der Waals surface area (Å²) in [6, 6.07) is 5.19. The second kappa shape index (κ2) is 8.78. The van der Waals surface area contributed by atoms with E-state index in [-0.39, 0.29) is 37.3 Å². The highest BCUT2D eigenvalue weighted by atomic mass is 19.1. The number of nitrogens with one attached hydrogen (secondary N) is 2. The minimum atomic E-state index is -0.526. The Bertz CT molecular complexity index is 705. The van der Waals surface area contributed by atoms with E-state index in [1.165, 1.54) is 43.5 Å². The van der Waals surface area contributed by atoms with Crippen LogP contribution in [-0.2, 0) is 9.53 Å². The molecule has 0 aromatic heterocycles. The number of imide groups is 1. The van der Waals surface area contributed by atoms with Gasteiger partial charge in [0.05, 0.1) is 12.3 Å². The van der Waals surface area contributed by atoms with Crippen LogP contribution in [0.15, 0.2) is 41.2 Å².